The number of methoxy groups -OCH3 is 1. The molecule has 0 radical (unpaired) electrons. The van der Waals surface area contributed by atoms with E-state index in [-0.39, 0.29) is 23.0 Å². The van der Waals surface area contributed by atoms with Crippen molar-refractivity contribution < 1.29 is 22.7 Å². The van der Waals surface area contributed by atoms with E-state index in [1.807, 2.05) is 45.0 Å². The Labute approximate surface area is 225 Å². The van der Waals surface area contributed by atoms with Crippen LogP contribution in [-0.2, 0) is 26.2 Å². The number of carbonyl (C=O) groups excluding carboxylic acids is 2. The van der Waals surface area contributed by atoms with E-state index in [0.29, 0.717) is 12.2 Å². The summed E-state index contributed by atoms with van der Waals surface area (Å²) in [5.74, 6) is -0.365. The summed E-state index contributed by atoms with van der Waals surface area (Å²) >= 11 is 0. The topological polar surface area (TPSA) is 96.0 Å². The number of hydrogen-bond donors (Lipinski definition) is 1. The Morgan fingerprint density at radius 3 is 2.24 bits per heavy atom. The molecule has 3 rings (SSSR count). The molecule has 0 aromatic heterocycles. The maximum Gasteiger partial charge on any atom is 0.264 e. The Morgan fingerprint density at radius 2 is 1.63 bits per heavy atom. The molecule has 0 aliphatic heterocycles. The van der Waals surface area contributed by atoms with E-state index >= 15 is 0 Å². The Morgan fingerprint density at radius 1 is 0.947 bits per heavy atom. The number of anilines is 1. The molecule has 0 aliphatic rings. The van der Waals surface area contributed by atoms with Crippen molar-refractivity contribution in [2.24, 2.45) is 0 Å². The zero-order chi connectivity index (χ0) is 27.9. The van der Waals surface area contributed by atoms with Crippen LogP contribution in [0.25, 0.3) is 0 Å². The maximum absolute atomic E-state index is 13.9. The number of amides is 2. The second-order valence-corrected chi connectivity index (χ2v) is 10.9. The van der Waals surface area contributed by atoms with E-state index in [1.54, 1.807) is 36.4 Å². The van der Waals surface area contributed by atoms with Crippen LogP contribution in [0.1, 0.15) is 30.0 Å². The summed E-state index contributed by atoms with van der Waals surface area (Å²) in [6.45, 7) is 5.29. The van der Waals surface area contributed by atoms with Gasteiger partial charge >= 0.3 is 0 Å². The molecule has 0 fully saturated rings. The van der Waals surface area contributed by atoms with Crippen LogP contribution in [0.15, 0.2) is 77.7 Å². The predicted octanol–water partition coefficient (Wildman–Crippen LogP) is 4.06. The van der Waals surface area contributed by atoms with Gasteiger partial charge in [-0.25, -0.2) is 8.42 Å². The average Bonchev–Trinajstić information content (AvgIpc) is 2.91. The van der Waals surface area contributed by atoms with Gasteiger partial charge in [0.2, 0.25) is 11.8 Å². The monoisotopic (exact) mass is 537 g/mol. The van der Waals surface area contributed by atoms with Crippen LogP contribution >= 0.6 is 0 Å². The lowest BCUT2D eigenvalue weighted by molar-refractivity contribution is -0.140. The number of nitrogens with one attached hydrogen (secondary N) is 1. The predicted molar refractivity (Wildman–Crippen MR) is 149 cm³/mol. The van der Waals surface area contributed by atoms with Gasteiger partial charge in [0.05, 0.1) is 17.7 Å². The van der Waals surface area contributed by atoms with Gasteiger partial charge in [0.15, 0.2) is 0 Å². The molecule has 202 valence electrons. The van der Waals surface area contributed by atoms with Gasteiger partial charge < -0.3 is 15.0 Å². The average molecular weight is 538 g/mol. The third kappa shape index (κ3) is 6.72. The van der Waals surface area contributed by atoms with E-state index in [4.69, 9.17) is 4.74 Å². The molecule has 1 N–H and O–H groups in total. The maximum atomic E-state index is 13.9. The van der Waals surface area contributed by atoms with Gasteiger partial charge in [-0.3, -0.25) is 13.9 Å². The Hall–Kier alpha value is -3.85. The van der Waals surface area contributed by atoms with Crippen LogP contribution in [0, 0.1) is 13.8 Å². The molecule has 3 aromatic rings. The lowest BCUT2D eigenvalue weighted by atomic mass is 10.1. The molecule has 1 unspecified atom stereocenters. The number of benzene rings is 3. The minimum Gasteiger partial charge on any atom is -0.497 e. The van der Waals surface area contributed by atoms with Crippen molar-refractivity contribution in [1.29, 1.82) is 0 Å². The summed E-state index contributed by atoms with van der Waals surface area (Å²) in [5.41, 5.74) is 3.05. The molecular formula is C29H35N3O5S. The van der Waals surface area contributed by atoms with Gasteiger partial charge in [-0.05, 0) is 50.1 Å². The van der Waals surface area contributed by atoms with Gasteiger partial charge in [-0.15, -0.1) is 0 Å². The summed E-state index contributed by atoms with van der Waals surface area (Å²) < 4.78 is 34.1. The lowest BCUT2D eigenvalue weighted by Gasteiger charge is -2.33. The Kier molecular flexibility index (Phi) is 9.52. The van der Waals surface area contributed by atoms with Gasteiger partial charge in [0.1, 0.15) is 18.3 Å². The molecule has 0 heterocycles. The van der Waals surface area contributed by atoms with Crippen LogP contribution in [0.3, 0.4) is 0 Å². The number of rotatable bonds is 11. The first kappa shape index (κ1) is 28.7. The Bertz CT molecular complexity index is 1370. The zero-order valence-corrected chi connectivity index (χ0v) is 23.3. The normalized spacial score (nSPS) is 11.9. The second kappa shape index (κ2) is 12.6. The van der Waals surface area contributed by atoms with E-state index in [1.165, 1.54) is 31.2 Å². The van der Waals surface area contributed by atoms with Crippen molar-refractivity contribution in [3.63, 3.8) is 0 Å². The minimum absolute atomic E-state index is 0.0577. The number of sulfonamides is 1. The third-order valence-corrected chi connectivity index (χ3v) is 8.08. The molecule has 0 saturated carbocycles. The highest BCUT2D eigenvalue weighted by molar-refractivity contribution is 7.92. The fraction of sp³-hybridized carbons (Fsp3) is 0.310. The largest absolute Gasteiger partial charge is 0.497 e. The standard InChI is InChI=1S/C29H35N3O5S/c1-6-27(29(34)30-4)31(19-23-10-7-9-22(3)17-23)28(33)20-32(24-11-8-12-25(18-24)37-5)38(35,36)26-15-13-21(2)14-16-26/h7-18,27H,6,19-20H2,1-5H3,(H,30,34). The molecule has 3 aromatic carbocycles. The molecule has 0 aliphatic carbocycles. The van der Waals surface area contributed by atoms with Crippen molar-refractivity contribution in [3.8, 4) is 5.75 Å². The smallest absolute Gasteiger partial charge is 0.264 e. The second-order valence-electron chi connectivity index (χ2n) is 9.08. The van der Waals surface area contributed by atoms with Crippen LogP contribution in [0.2, 0.25) is 0 Å². The molecule has 0 saturated heterocycles. The van der Waals surface area contributed by atoms with Crippen molar-refractivity contribution >= 4 is 27.5 Å². The van der Waals surface area contributed by atoms with Crippen molar-refractivity contribution in [3.05, 3.63) is 89.5 Å². The molecule has 38 heavy (non-hydrogen) atoms. The molecule has 1 atom stereocenters. The minimum atomic E-state index is -4.13. The highest BCUT2D eigenvalue weighted by Crippen LogP contribution is 2.28. The summed E-state index contributed by atoms with van der Waals surface area (Å²) in [5, 5.41) is 2.63. The number of likely N-dealkylation sites (N-methyl/N-ethyl adjacent to an activating group) is 1. The first-order valence-corrected chi connectivity index (χ1v) is 13.8. The number of hydrogen-bond acceptors (Lipinski definition) is 5. The van der Waals surface area contributed by atoms with E-state index < -0.39 is 28.5 Å². The summed E-state index contributed by atoms with van der Waals surface area (Å²) in [4.78, 5) is 28.2. The Balaban J connectivity index is 2.08. The van der Waals surface area contributed by atoms with Crippen molar-refractivity contribution in [2.45, 2.75) is 44.7 Å². The fourth-order valence-corrected chi connectivity index (χ4v) is 5.63. The highest BCUT2D eigenvalue weighted by atomic mass is 32.2. The van der Waals surface area contributed by atoms with E-state index in [2.05, 4.69) is 5.32 Å². The molecule has 8 nitrogen and oxygen atoms in total. The molecule has 2 amide bonds. The molecular weight excluding hydrogens is 502 g/mol. The lowest BCUT2D eigenvalue weighted by Crippen LogP contribution is -2.51. The number of aryl methyl sites for hydroxylation is 2. The van der Waals surface area contributed by atoms with E-state index in [0.717, 1.165) is 21.0 Å². The number of nitrogens with zero attached hydrogens (tertiary/aromatic N) is 2. The highest BCUT2D eigenvalue weighted by Gasteiger charge is 2.33. The quantitative estimate of drug-likeness (QED) is 0.398. The third-order valence-electron chi connectivity index (χ3n) is 6.30. The van der Waals surface area contributed by atoms with Gasteiger partial charge in [0.25, 0.3) is 10.0 Å². The molecule has 0 spiro atoms. The summed E-state index contributed by atoms with van der Waals surface area (Å²) in [6.07, 6.45) is 0.362. The van der Waals surface area contributed by atoms with Gasteiger partial charge in [-0.1, -0.05) is 60.5 Å². The first-order chi connectivity index (χ1) is 18.1. The van der Waals surface area contributed by atoms with Crippen LogP contribution in [0.4, 0.5) is 5.69 Å². The van der Waals surface area contributed by atoms with Crippen LogP contribution < -0.4 is 14.4 Å². The first-order valence-electron chi connectivity index (χ1n) is 12.4. The molecule has 0 bridgehead atoms. The van der Waals surface area contributed by atoms with Gasteiger partial charge in [-0.2, -0.15) is 0 Å². The number of ether oxygens (including phenoxy) is 1. The molecule has 9 heteroatoms. The van der Waals surface area contributed by atoms with Crippen molar-refractivity contribution in [2.75, 3.05) is 25.0 Å². The summed E-state index contributed by atoms with van der Waals surface area (Å²) in [6, 6.07) is 19.9. The van der Waals surface area contributed by atoms with Crippen molar-refractivity contribution in [1.82, 2.24) is 10.2 Å². The zero-order valence-electron chi connectivity index (χ0n) is 22.5. The van der Waals surface area contributed by atoms with E-state index in [9.17, 15) is 18.0 Å². The van der Waals surface area contributed by atoms with Crippen LogP contribution in [0.5, 0.6) is 5.75 Å². The SMILES string of the molecule is CCC(C(=O)NC)N(Cc1cccc(C)c1)C(=O)CN(c1cccc(OC)c1)S(=O)(=O)c1ccc(C)cc1. The summed E-state index contributed by atoms with van der Waals surface area (Å²) in [7, 11) is -1.13. The van der Waals surface area contributed by atoms with Gasteiger partial charge in [0, 0.05) is 19.7 Å². The fourth-order valence-electron chi connectivity index (χ4n) is 4.23. The number of carbonyl (C=O) groups is 2. The van der Waals surface area contributed by atoms with Crippen LogP contribution in [-0.4, -0.2) is 51.9 Å².